The average Bonchev–Trinajstić information content (AvgIpc) is 3.56. The van der Waals surface area contributed by atoms with Crippen molar-refractivity contribution >= 4 is 75.7 Å². The van der Waals surface area contributed by atoms with Crippen LogP contribution in [0.4, 0.5) is 0 Å². The molecule has 7 rings (SSSR count). The maximum atomic E-state index is 2.37. The molecule has 0 amide bonds. The number of benzene rings is 4. The summed E-state index contributed by atoms with van der Waals surface area (Å²) < 4.78 is 2.72. The number of hydrogen-bond acceptors (Lipinski definition) is 3. The van der Waals surface area contributed by atoms with Crippen LogP contribution in [0.15, 0.2) is 97.1 Å². The molecule has 31 heavy (non-hydrogen) atoms. The Balaban J connectivity index is 1.35. The molecular weight excluding hydrogens is 433 g/mol. The number of rotatable bonds is 2. The molecule has 0 unspecified atom stereocenters. The van der Waals surface area contributed by atoms with Gasteiger partial charge in [-0.25, -0.2) is 0 Å². The van der Waals surface area contributed by atoms with Crippen molar-refractivity contribution in [2.45, 2.75) is 0 Å². The van der Waals surface area contributed by atoms with E-state index in [1.165, 1.54) is 61.2 Å². The maximum absolute atomic E-state index is 2.37. The van der Waals surface area contributed by atoms with Crippen LogP contribution in [0.25, 0.3) is 61.2 Å². The summed E-state index contributed by atoms with van der Waals surface area (Å²) in [6.07, 6.45) is 0. The predicted molar refractivity (Wildman–Crippen MR) is 141 cm³/mol. The summed E-state index contributed by atoms with van der Waals surface area (Å²) in [6.45, 7) is 0. The largest absolute Gasteiger partial charge is 0.134 e. The lowest BCUT2D eigenvalue weighted by Gasteiger charge is -1.97. The molecule has 0 spiro atoms. The van der Waals surface area contributed by atoms with Gasteiger partial charge >= 0.3 is 0 Å². The molecule has 7 aromatic rings. The monoisotopic (exact) mass is 448 g/mol. The molecule has 0 bridgehead atoms. The SMILES string of the molecule is c1ccc2c(c1)ccc1sc(-c3ccc(-c4cc5c(ccc6ccccc65)s4)s3)cc12. The van der Waals surface area contributed by atoms with Gasteiger partial charge in [0, 0.05) is 39.7 Å². The Morgan fingerprint density at radius 1 is 0.355 bits per heavy atom. The van der Waals surface area contributed by atoms with Crippen LogP contribution in [-0.4, -0.2) is 0 Å². The van der Waals surface area contributed by atoms with E-state index in [1.807, 2.05) is 34.0 Å². The van der Waals surface area contributed by atoms with E-state index in [2.05, 4.69) is 97.1 Å². The van der Waals surface area contributed by atoms with Gasteiger partial charge in [0.25, 0.3) is 0 Å². The second-order valence-corrected chi connectivity index (χ2v) is 11.0. The molecule has 0 aliphatic rings. The Kier molecular flexibility index (Phi) is 3.85. The molecule has 0 N–H and O–H groups in total. The minimum atomic E-state index is 1.31. The third-order valence-corrected chi connectivity index (χ3v) is 9.62. The lowest BCUT2D eigenvalue weighted by molar-refractivity contribution is 1.81. The van der Waals surface area contributed by atoms with Gasteiger partial charge in [-0.15, -0.1) is 34.0 Å². The van der Waals surface area contributed by atoms with Gasteiger partial charge in [0.05, 0.1) is 0 Å². The number of thiophene rings is 3. The highest BCUT2D eigenvalue weighted by Crippen LogP contribution is 2.44. The zero-order valence-electron chi connectivity index (χ0n) is 16.5. The first-order chi connectivity index (χ1) is 15.3. The van der Waals surface area contributed by atoms with Crippen molar-refractivity contribution in [2.75, 3.05) is 0 Å². The average molecular weight is 449 g/mol. The lowest BCUT2D eigenvalue weighted by Crippen LogP contribution is -1.71. The molecule has 4 aromatic carbocycles. The summed E-state index contributed by atoms with van der Waals surface area (Å²) in [5.74, 6) is 0. The molecule has 3 heterocycles. The van der Waals surface area contributed by atoms with E-state index >= 15 is 0 Å². The Morgan fingerprint density at radius 3 is 1.35 bits per heavy atom. The Morgan fingerprint density at radius 2 is 0.839 bits per heavy atom. The lowest BCUT2D eigenvalue weighted by atomic mass is 10.1. The summed E-state index contributed by atoms with van der Waals surface area (Å²) >= 11 is 5.69. The quantitative estimate of drug-likeness (QED) is 0.247. The summed E-state index contributed by atoms with van der Waals surface area (Å²) in [5.41, 5.74) is 0. The fourth-order valence-corrected chi connectivity index (χ4v) is 7.75. The second kappa shape index (κ2) is 6.76. The topological polar surface area (TPSA) is 0 Å². The molecule has 3 heteroatoms. The van der Waals surface area contributed by atoms with Gasteiger partial charge in [-0.05, 0) is 57.9 Å². The predicted octanol–water partition coefficient (Wildman–Crippen LogP) is 9.82. The third-order valence-electron chi connectivity index (χ3n) is 5.94. The molecule has 0 saturated heterocycles. The van der Waals surface area contributed by atoms with E-state index in [0.29, 0.717) is 0 Å². The Hall–Kier alpha value is -2.98. The maximum Gasteiger partial charge on any atom is 0.0455 e. The second-order valence-electron chi connectivity index (χ2n) is 7.78. The molecule has 0 nitrogen and oxygen atoms in total. The molecule has 0 aliphatic heterocycles. The Bertz CT molecular complexity index is 1610. The van der Waals surface area contributed by atoms with Crippen molar-refractivity contribution in [3.8, 4) is 19.5 Å². The molecular formula is C28H16S3. The van der Waals surface area contributed by atoms with Crippen LogP contribution >= 0.6 is 34.0 Å². The summed E-state index contributed by atoms with van der Waals surface area (Å²) in [5, 5.41) is 8.03. The van der Waals surface area contributed by atoms with Crippen LogP contribution in [0, 0.1) is 0 Å². The molecule has 0 fully saturated rings. The van der Waals surface area contributed by atoms with Crippen LogP contribution in [0.5, 0.6) is 0 Å². The van der Waals surface area contributed by atoms with Crippen molar-refractivity contribution in [3.63, 3.8) is 0 Å². The summed E-state index contributed by atoms with van der Waals surface area (Å²) in [4.78, 5) is 5.41. The van der Waals surface area contributed by atoms with Crippen LogP contribution in [0.3, 0.4) is 0 Å². The van der Waals surface area contributed by atoms with Crippen molar-refractivity contribution in [1.29, 1.82) is 0 Å². The minimum Gasteiger partial charge on any atom is -0.134 e. The first-order valence-electron chi connectivity index (χ1n) is 10.3. The molecule has 0 aliphatic carbocycles. The van der Waals surface area contributed by atoms with Gasteiger partial charge in [-0.2, -0.15) is 0 Å². The zero-order chi connectivity index (χ0) is 20.4. The number of hydrogen-bond donors (Lipinski definition) is 0. The van der Waals surface area contributed by atoms with Gasteiger partial charge in [0.2, 0.25) is 0 Å². The fraction of sp³-hybridized carbons (Fsp3) is 0. The Labute approximate surface area is 191 Å². The summed E-state index contributed by atoms with van der Waals surface area (Å²) in [7, 11) is 0. The van der Waals surface area contributed by atoms with Gasteiger partial charge in [0.1, 0.15) is 0 Å². The van der Waals surface area contributed by atoms with Crippen LogP contribution < -0.4 is 0 Å². The third kappa shape index (κ3) is 2.78. The van der Waals surface area contributed by atoms with Crippen LogP contribution in [0.1, 0.15) is 0 Å². The van der Waals surface area contributed by atoms with Crippen molar-refractivity contribution in [2.24, 2.45) is 0 Å². The minimum absolute atomic E-state index is 1.31. The van der Waals surface area contributed by atoms with Crippen molar-refractivity contribution < 1.29 is 0 Å². The normalized spacial score (nSPS) is 11.9. The van der Waals surface area contributed by atoms with Crippen LogP contribution in [-0.2, 0) is 0 Å². The van der Waals surface area contributed by atoms with E-state index in [4.69, 9.17) is 0 Å². The standard InChI is InChI=1S/C28H16S3/c1-3-7-19-17(5-1)9-11-23-21(19)15-27(29-23)25-13-14-26(31-25)28-16-22-20-8-4-2-6-18(20)10-12-24(22)30-28/h1-16H. The molecule has 3 aromatic heterocycles. The molecule has 0 atom stereocenters. The first-order valence-corrected chi connectivity index (χ1v) is 12.7. The molecule has 0 saturated carbocycles. The highest BCUT2D eigenvalue weighted by atomic mass is 32.1. The number of fused-ring (bicyclic) bond motifs is 6. The first kappa shape index (κ1) is 17.7. The smallest absolute Gasteiger partial charge is 0.0455 e. The van der Waals surface area contributed by atoms with E-state index < -0.39 is 0 Å². The van der Waals surface area contributed by atoms with Crippen molar-refractivity contribution in [1.82, 2.24) is 0 Å². The highest BCUT2D eigenvalue weighted by Gasteiger charge is 2.13. The van der Waals surface area contributed by atoms with E-state index in [1.54, 1.807) is 0 Å². The van der Waals surface area contributed by atoms with Gasteiger partial charge in [-0.3, -0.25) is 0 Å². The van der Waals surface area contributed by atoms with Gasteiger partial charge in [-0.1, -0.05) is 60.7 Å². The van der Waals surface area contributed by atoms with Crippen molar-refractivity contribution in [3.05, 3.63) is 97.1 Å². The van der Waals surface area contributed by atoms with Gasteiger partial charge < -0.3 is 0 Å². The van der Waals surface area contributed by atoms with E-state index in [9.17, 15) is 0 Å². The van der Waals surface area contributed by atoms with E-state index in [-0.39, 0.29) is 0 Å². The fourth-order valence-electron chi connectivity index (χ4n) is 4.43. The van der Waals surface area contributed by atoms with Crippen LogP contribution in [0.2, 0.25) is 0 Å². The molecule has 146 valence electrons. The van der Waals surface area contributed by atoms with Gasteiger partial charge in [0.15, 0.2) is 0 Å². The molecule has 0 radical (unpaired) electrons. The zero-order valence-corrected chi connectivity index (χ0v) is 18.9. The summed E-state index contributed by atoms with van der Waals surface area (Å²) in [6, 6.07) is 35.7. The van der Waals surface area contributed by atoms with E-state index in [0.717, 1.165) is 0 Å². The highest BCUT2D eigenvalue weighted by molar-refractivity contribution is 7.29.